The van der Waals surface area contributed by atoms with Crippen LogP contribution < -0.4 is 0 Å². The van der Waals surface area contributed by atoms with Gasteiger partial charge in [0, 0.05) is 5.39 Å². The molecule has 0 saturated carbocycles. The number of aromatic hydroxyl groups is 1. The molecule has 0 unspecified atom stereocenters. The van der Waals surface area contributed by atoms with Crippen molar-refractivity contribution in [3.63, 3.8) is 0 Å². The van der Waals surface area contributed by atoms with Crippen molar-refractivity contribution in [3.05, 3.63) is 66.2 Å². The van der Waals surface area contributed by atoms with Crippen LogP contribution in [0.1, 0.15) is 5.56 Å². The van der Waals surface area contributed by atoms with Crippen LogP contribution in [0.2, 0.25) is 0 Å². The Bertz CT molecular complexity index is 967. The fourth-order valence-electron chi connectivity index (χ4n) is 3.11. The maximum atomic E-state index is 10.0. The van der Waals surface area contributed by atoms with E-state index in [4.69, 9.17) is 0 Å². The van der Waals surface area contributed by atoms with Gasteiger partial charge in [-0.3, -0.25) is 0 Å². The Kier molecular flexibility index (Phi) is 2.25. The number of fused-ring (bicyclic) bond motifs is 4. The fraction of sp³-hybridized carbons (Fsp3) is 0.0526. The SMILES string of the molecule is Cc1c2ccccc2cc2c1ccc1c(O)cccc12. The monoisotopic (exact) mass is 258 g/mol. The number of benzene rings is 4. The van der Waals surface area contributed by atoms with Crippen LogP contribution in [0.25, 0.3) is 32.3 Å². The lowest BCUT2D eigenvalue weighted by Gasteiger charge is -2.11. The van der Waals surface area contributed by atoms with Gasteiger partial charge < -0.3 is 5.11 Å². The normalized spacial score (nSPS) is 11.4. The van der Waals surface area contributed by atoms with E-state index >= 15 is 0 Å². The first kappa shape index (κ1) is 11.3. The molecule has 0 heterocycles. The maximum Gasteiger partial charge on any atom is 0.123 e. The Labute approximate surface area is 117 Å². The van der Waals surface area contributed by atoms with Gasteiger partial charge in [0.25, 0.3) is 0 Å². The molecular weight excluding hydrogens is 244 g/mol. The molecule has 1 N–H and O–H groups in total. The zero-order chi connectivity index (χ0) is 13.7. The second kappa shape index (κ2) is 3.97. The van der Waals surface area contributed by atoms with Crippen LogP contribution in [0.5, 0.6) is 5.75 Å². The molecule has 4 rings (SSSR count). The van der Waals surface area contributed by atoms with Crippen LogP contribution in [0, 0.1) is 6.92 Å². The number of hydrogen-bond acceptors (Lipinski definition) is 1. The molecule has 0 radical (unpaired) electrons. The molecule has 0 bridgehead atoms. The predicted octanol–water partition coefficient (Wildman–Crippen LogP) is 5.16. The lowest BCUT2D eigenvalue weighted by Crippen LogP contribution is -1.85. The summed E-state index contributed by atoms with van der Waals surface area (Å²) in [6.07, 6.45) is 0. The summed E-state index contributed by atoms with van der Waals surface area (Å²) in [5.74, 6) is 0.343. The van der Waals surface area contributed by atoms with E-state index in [9.17, 15) is 5.11 Å². The first-order valence-corrected chi connectivity index (χ1v) is 6.78. The third-order valence-electron chi connectivity index (χ3n) is 4.15. The van der Waals surface area contributed by atoms with Crippen LogP contribution in [0.3, 0.4) is 0 Å². The highest BCUT2D eigenvalue weighted by molar-refractivity contribution is 6.15. The minimum atomic E-state index is 0.343. The summed E-state index contributed by atoms with van der Waals surface area (Å²) >= 11 is 0. The third kappa shape index (κ3) is 1.44. The van der Waals surface area contributed by atoms with Gasteiger partial charge in [0.1, 0.15) is 5.75 Å². The Hall–Kier alpha value is -2.54. The van der Waals surface area contributed by atoms with Gasteiger partial charge in [0.15, 0.2) is 0 Å². The summed E-state index contributed by atoms with van der Waals surface area (Å²) in [4.78, 5) is 0. The van der Waals surface area contributed by atoms with Crippen LogP contribution in [-0.2, 0) is 0 Å². The molecule has 0 spiro atoms. The van der Waals surface area contributed by atoms with E-state index < -0.39 is 0 Å². The van der Waals surface area contributed by atoms with Gasteiger partial charge in [0.05, 0.1) is 0 Å². The van der Waals surface area contributed by atoms with E-state index in [2.05, 4.69) is 49.4 Å². The Morgan fingerprint density at radius 2 is 1.40 bits per heavy atom. The van der Waals surface area contributed by atoms with Crippen molar-refractivity contribution in [2.45, 2.75) is 6.92 Å². The summed E-state index contributed by atoms with van der Waals surface area (Å²) in [5.41, 5.74) is 1.29. The average molecular weight is 258 g/mol. The van der Waals surface area contributed by atoms with Gasteiger partial charge >= 0.3 is 0 Å². The highest BCUT2D eigenvalue weighted by Crippen LogP contribution is 2.35. The molecule has 0 aliphatic heterocycles. The molecule has 0 aromatic heterocycles. The zero-order valence-electron chi connectivity index (χ0n) is 11.2. The standard InChI is InChI=1S/C19H14O/c1-12-14-6-3-2-5-13(14)11-18-15(12)9-10-17-16(18)7-4-8-19(17)20/h2-11,20H,1H3. The minimum absolute atomic E-state index is 0.343. The van der Waals surface area contributed by atoms with E-state index in [1.54, 1.807) is 6.07 Å². The van der Waals surface area contributed by atoms with E-state index in [0.29, 0.717) is 5.75 Å². The minimum Gasteiger partial charge on any atom is -0.507 e. The number of aryl methyl sites for hydroxylation is 1. The number of phenolic OH excluding ortho intramolecular Hbond substituents is 1. The topological polar surface area (TPSA) is 20.2 Å². The molecule has 0 fully saturated rings. The molecule has 0 aliphatic rings. The van der Waals surface area contributed by atoms with Gasteiger partial charge in [-0.25, -0.2) is 0 Å². The molecular formula is C19H14O. The Balaban J connectivity index is 2.31. The van der Waals surface area contributed by atoms with Crippen LogP contribution in [-0.4, -0.2) is 5.11 Å². The predicted molar refractivity (Wildman–Crippen MR) is 85.4 cm³/mol. The molecule has 0 atom stereocenters. The molecule has 4 aromatic rings. The first-order chi connectivity index (χ1) is 9.75. The maximum absolute atomic E-state index is 10.0. The molecule has 0 saturated heterocycles. The van der Waals surface area contributed by atoms with E-state index in [0.717, 1.165) is 10.8 Å². The number of phenols is 1. The van der Waals surface area contributed by atoms with Gasteiger partial charge in [-0.05, 0) is 51.6 Å². The highest BCUT2D eigenvalue weighted by Gasteiger charge is 2.08. The molecule has 1 nitrogen and oxygen atoms in total. The van der Waals surface area contributed by atoms with E-state index in [1.807, 2.05) is 12.1 Å². The number of rotatable bonds is 0. The van der Waals surface area contributed by atoms with Crippen LogP contribution in [0.15, 0.2) is 60.7 Å². The number of hydrogen-bond donors (Lipinski definition) is 1. The van der Waals surface area contributed by atoms with Crippen molar-refractivity contribution in [2.75, 3.05) is 0 Å². The zero-order valence-corrected chi connectivity index (χ0v) is 11.2. The van der Waals surface area contributed by atoms with E-state index in [-0.39, 0.29) is 0 Å². The molecule has 1 heteroatoms. The largest absolute Gasteiger partial charge is 0.507 e. The summed E-state index contributed by atoms with van der Waals surface area (Å²) in [6, 6.07) is 20.5. The van der Waals surface area contributed by atoms with Crippen molar-refractivity contribution < 1.29 is 5.11 Å². The summed E-state index contributed by atoms with van der Waals surface area (Å²) in [7, 11) is 0. The molecule has 4 aromatic carbocycles. The van der Waals surface area contributed by atoms with Gasteiger partial charge in [-0.1, -0.05) is 48.5 Å². The Morgan fingerprint density at radius 1 is 0.650 bits per heavy atom. The van der Waals surface area contributed by atoms with Gasteiger partial charge in [-0.15, -0.1) is 0 Å². The summed E-state index contributed by atoms with van der Waals surface area (Å²) < 4.78 is 0. The van der Waals surface area contributed by atoms with Gasteiger partial charge in [-0.2, -0.15) is 0 Å². The third-order valence-corrected chi connectivity index (χ3v) is 4.15. The summed E-state index contributed by atoms with van der Waals surface area (Å²) in [5, 5.41) is 17.0. The molecule has 0 aliphatic carbocycles. The van der Waals surface area contributed by atoms with Crippen molar-refractivity contribution in [2.24, 2.45) is 0 Å². The van der Waals surface area contributed by atoms with Crippen molar-refractivity contribution >= 4 is 32.3 Å². The molecule has 96 valence electrons. The molecule has 20 heavy (non-hydrogen) atoms. The van der Waals surface area contributed by atoms with Gasteiger partial charge in [0.2, 0.25) is 0 Å². The second-order valence-electron chi connectivity index (χ2n) is 5.26. The first-order valence-electron chi connectivity index (χ1n) is 6.78. The second-order valence-corrected chi connectivity index (χ2v) is 5.26. The van der Waals surface area contributed by atoms with Crippen molar-refractivity contribution in [1.29, 1.82) is 0 Å². The van der Waals surface area contributed by atoms with Crippen molar-refractivity contribution in [1.82, 2.24) is 0 Å². The average Bonchev–Trinajstić information content (AvgIpc) is 2.48. The van der Waals surface area contributed by atoms with E-state index in [1.165, 1.54) is 27.1 Å². The highest BCUT2D eigenvalue weighted by atomic mass is 16.3. The van der Waals surface area contributed by atoms with Crippen LogP contribution >= 0.6 is 0 Å². The fourth-order valence-corrected chi connectivity index (χ4v) is 3.11. The lowest BCUT2D eigenvalue weighted by molar-refractivity contribution is 0.481. The smallest absolute Gasteiger partial charge is 0.123 e. The van der Waals surface area contributed by atoms with Crippen LogP contribution in [0.4, 0.5) is 0 Å². The Morgan fingerprint density at radius 3 is 2.30 bits per heavy atom. The van der Waals surface area contributed by atoms with Crippen molar-refractivity contribution in [3.8, 4) is 5.75 Å². The quantitative estimate of drug-likeness (QED) is 0.341. The lowest BCUT2D eigenvalue weighted by atomic mass is 9.94. The molecule has 0 amide bonds. The summed E-state index contributed by atoms with van der Waals surface area (Å²) in [6.45, 7) is 2.17.